The van der Waals surface area contributed by atoms with Crippen LogP contribution in [-0.4, -0.2) is 25.7 Å². The number of amides is 1. The zero-order valence-corrected chi connectivity index (χ0v) is 11.5. The SMILES string of the molecule is COC(C)CNC(C)c1cccc(NC(C)=O)c1. The van der Waals surface area contributed by atoms with Crippen LogP contribution in [0.4, 0.5) is 5.69 Å². The average molecular weight is 250 g/mol. The van der Waals surface area contributed by atoms with E-state index < -0.39 is 0 Å². The van der Waals surface area contributed by atoms with Gasteiger partial charge in [-0.2, -0.15) is 0 Å². The molecule has 1 aromatic carbocycles. The molecule has 1 aromatic rings. The summed E-state index contributed by atoms with van der Waals surface area (Å²) in [4.78, 5) is 11.0. The number of carbonyl (C=O) groups excluding carboxylic acids is 1. The van der Waals surface area contributed by atoms with Crippen molar-refractivity contribution in [3.8, 4) is 0 Å². The fraction of sp³-hybridized carbons (Fsp3) is 0.500. The van der Waals surface area contributed by atoms with Gasteiger partial charge in [0.25, 0.3) is 0 Å². The van der Waals surface area contributed by atoms with Gasteiger partial charge in [-0.1, -0.05) is 12.1 Å². The maximum atomic E-state index is 11.0. The normalized spacial score (nSPS) is 14.0. The van der Waals surface area contributed by atoms with Crippen LogP contribution in [-0.2, 0) is 9.53 Å². The van der Waals surface area contributed by atoms with Gasteiger partial charge in [0.1, 0.15) is 0 Å². The molecule has 18 heavy (non-hydrogen) atoms. The molecule has 0 heterocycles. The van der Waals surface area contributed by atoms with Gasteiger partial charge in [-0.15, -0.1) is 0 Å². The maximum absolute atomic E-state index is 11.0. The standard InChI is InChI=1S/C14H22N2O2/c1-10(18-4)9-15-11(2)13-6-5-7-14(8-13)16-12(3)17/h5-8,10-11,15H,9H2,1-4H3,(H,16,17). The minimum Gasteiger partial charge on any atom is -0.380 e. The first-order valence-corrected chi connectivity index (χ1v) is 6.16. The number of methoxy groups -OCH3 is 1. The van der Waals surface area contributed by atoms with Crippen LogP contribution in [0, 0.1) is 0 Å². The van der Waals surface area contributed by atoms with Crippen LogP contribution >= 0.6 is 0 Å². The molecule has 0 aliphatic heterocycles. The first kappa shape index (κ1) is 14.7. The lowest BCUT2D eigenvalue weighted by molar-refractivity contribution is -0.114. The van der Waals surface area contributed by atoms with Gasteiger partial charge in [-0.3, -0.25) is 4.79 Å². The van der Waals surface area contributed by atoms with Crippen molar-refractivity contribution in [1.82, 2.24) is 5.32 Å². The van der Waals surface area contributed by atoms with Gasteiger partial charge in [-0.25, -0.2) is 0 Å². The second-order valence-electron chi connectivity index (χ2n) is 4.48. The van der Waals surface area contributed by atoms with Gasteiger partial charge in [0.05, 0.1) is 6.10 Å². The van der Waals surface area contributed by atoms with E-state index in [4.69, 9.17) is 4.74 Å². The second kappa shape index (κ2) is 7.13. The van der Waals surface area contributed by atoms with Gasteiger partial charge in [0.15, 0.2) is 0 Å². The molecule has 2 unspecified atom stereocenters. The Bertz CT molecular complexity index is 393. The van der Waals surface area contributed by atoms with E-state index in [1.54, 1.807) is 7.11 Å². The summed E-state index contributed by atoms with van der Waals surface area (Å²) in [7, 11) is 1.70. The summed E-state index contributed by atoms with van der Waals surface area (Å²) >= 11 is 0. The number of anilines is 1. The van der Waals surface area contributed by atoms with Crippen molar-refractivity contribution in [1.29, 1.82) is 0 Å². The lowest BCUT2D eigenvalue weighted by Gasteiger charge is -2.18. The van der Waals surface area contributed by atoms with E-state index >= 15 is 0 Å². The third kappa shape index (κ3) is 4.85. The Labute approximate surface area is 109 Å². The quantitative estimate of drug-likeness (QED) is 0.814. The monoisotopic (exact) mass is 250 g/mol. The lowest BCUT2D eigenvalue weighted by Crippen LogP contribution is -2.28. The fourth-order valence-electron chi connectivity index (χ4n) is 1.63. The fourth-order valence-corrected chi connectivity index (χ4v) is 1.63. The lowest BCUT2D eigenvalue weighted by atomic mass is 10.1. The van der Waals surface area contributed by atoms with Crippen molar-refractivity contribution in [3.63, 3.8) is 0 Å². The van der Waals surface area contributed by atoms with E-state index in [-0.39, 0.29) is 18.1 Å². The van der Waals surface area contributed by atoms with Crippen LogP contribution in [0.25, 0.3) is 0 Å². The zero-order valence-electron chi connectivity index (χ0n) is 11.5. The Hall–Kier alpha value is -1.39. The van der Waals surface area contributed by atoms with E-state index in [0.717, 1.165) is 17.8 Å². The molecule has 0 spiro atoms. The topological polar surface area (TPSA) is 50.4 Å². The number of hydrogen-bond donors (Lipinski definition) is 2. The van der Waals surface area contributed by atoms with E-state index in [1.807, 2.05) is 31.2 Å². The zero-order chi connectivity index (χ0) is 13.5. The molecule has 0 aliphatic rings. The number of ether oxygens (including phenoxy) is 1. The van der Waals surface area contributed by atoms with Crippen molar-refractivity contribution in [3.05, 3.63) is 29.8 Å². The summed E-state index contributed by atoms with van der Waals surface area (Å²) in [5.74, 6) is -0.0548. The van der Waals surface area contributed by atoms with Gasteiger partial charge < -0.3 is 15.4 Å². The van der Waals surface area contributed by atoms with Crippen LogP contribution in [0.5, 0.6) is 0 Å². The number of carbonyl (C=O) groups is 1. The molecule has 4 heteroatoms. The molecule has 0 fully saturated rings. The van der Waals surface area contributed by atoms with Crippen LogP contribution < -0.4 is 10.6 Å². The first-order valence-electron chi connectivity index (χ1n) is 6.16. The number of nitrogens with one attached hydrogen (secondary N) is 2. The molecular weight excluding hydrogens is 228 g/mol. The van der Waals surface area contributed by atoms with Gasteiger partial charge in [-0.05, 0) is 31.5 Å². The number of hydrogen-bond acceptors (Lipinski definition) is 3. The van der Waals surface area contributed by atoms with Crippen LogP contribution in [0.2, 0.25) is 0 Å². The smallest absolute Gasteiger partial charge is 0.221 e. The van der Waals surface area contributed by atoms with Crippen molar-refractivity contribution in [2.45, 2.75) is 32.9 Å². The van der Waals surface area contributed by atoms with Crippen molar-refractivity contribution in [2.24, 2.45) is 0 Å². The Balaban J connectivity index is 2.62. The minimum atomic E-state index is -0.0548. The van der Waals surface area contributed by atoms with Gasteiger partial charge in [0.2, 0.25) is 5.91 Å². The van der Waals surface area contributed by atoms with Gasteiger partial charge >= 0.3 is 0 Å². The number of benzene rings is 1. The van der Waals surface area contributed by atoms with Crippen LogP contribution in [0.1, 0.15) is 32.4 Å². The summed E-state index contributed by atoms with van der Waals surface area (Å²) in [5.41, 5.74) is 1.97. The molecular formula is C14H22N2O2. The maximum Gasteiger partial charge on any atom is 0.221 e. The molecule has 0 radical (unpaired) electrons. The Kier molecular flexibility index (Phi) is 5.82. The third-order valence-corrected chi connectivity index (χ3v) is 2.82. The van der Waals surface area contributed by atoms with Gasteiger partial charge in [0, 0.05) is 32.3 Å². The average Bonchev–Trinajstić information content (AvgIpc) is 2.35. The third-order valence-electron chi connectivity index (χ3n) is 2.82. The predicted molar refractivity (Wildman–Crippen MR) is 73.6 cm³/mol. The van der Waals surface area contributed by atoms with Crippen LogP contribution in [0.3, 0.4) is 0 Å². The summed E-state index contributed by atoms with van der Waals surface area (Å²) in [6.45, 7) is 6.42. The van der Waals surface area contributed by atoms with E-state index in [1.165, 1.54) is 6.92 Å². The molecule has 0 aromatic heterocycles. The van der Waals surface area contributed by atoms with E-state index in [9.17, 15) is 4.79 Å². The summed E-state index contributed by atoms with van der Waals surface area (Å²) in [6, 6.07) is 8.07. The van der Waals surface area contributed by atoms with Crippen molar-refractivity contribution >= 4 is 11.6 Å². The molecule has 0 aliphatic carbocycles. The molecule has 4 nitrogen and oxygen atoms in total. The Morgan fingerprint density at radius 3 is 2.72 bits per heavy atom. The summed E-state index contributed by atoms with van der Waals surface area (Å²) in [5, 5.41) is 6.18. The second-order valence-corrected chi connectivity index (χ2v) is 4.48. The Morgan fingerprint density at radius 2 is 2.11 bits per heavy atom. The summed E-state index contributed by atoms with van der Waals surface area (Å²) < 4.78 is 5.19. The molecule has 1 amide bonds. The molecule has 0 saturated carbocycles. The molecule has 0 saturated heterocycles. The van der Waals surface area contributed by atoms with E-state index in [0.29, 0.717) is 0 Å². The molecule has 1 rings (SSSR count). The first-order chi connectivity index (χ1) is 8.52. The van der Waals surface area contributed by atoms with Crippen LogP contribution in [0.15, 0.2) is 24.3 Å². The van der Waals surface area contributed by atoms with E-state index in [2.05, 4.69) is 17.6 Å². The van der Waals surface area contributed by atoms with Crippen molar-refractivity contribution < 1.29 is 9.53 Å². The highest BCUT2D eigenvalue weighted by atomic mass is 16.5. The summed E-state index contributed by atoms with van der Waals surface area (Å²) in [6.07, 6.45) is 0.186. The highest BCUT2D eigenvalue weighted by molar-refractivity contribution is 5.88. The minimum absolute atomic E-state index is 0.0548. The largest absolute Gasteiger partial charge is 0.380 e. The molecule has 100 valence electrons. The highest BCUT2D eigenvalue weighted by Gasteiger charge is 2.07. The molecule has 2 N–H and O–H groups in total. The highest BCUT2D eigenvalue weighted by Crippen LogP contribution is 2.17. The Morgan fingerprint density at radius 1 is 1.39 bits per heavy atom. The molecule has 0 bridgehead atoms. The number of rotatable bonds is 6. The predicted octanol–water partition coefficient (Wildman–Crippen LogP) is 2.33. The van der Waals surface area contributed by atoms with Crippen molar-refractivity contribution in [2.75, 3.05) is 19.0 Å². The molecule has 2 atom stereocenters.